The molecule has 0 fully saturated rings. The van der Waals surface area contributed by atoms with E-state index in [1.807, 2.05) is 0 Å². The molecule has 4 heteroatoms. The fourth-order valence-electron chi connectivity index (χ4n) is 0.342. The molecule has 0 aromatic carbocycles. The summed E-state index contributed by atoms with van der Waals surface area (Å²) in [7, 11) is 0. The minimum absolute atomic E-state index is 0.589. The van der Waals surface area contributed by atoms with E-state index in [1.54, 1.807) is 18.3 Å². The summed E-state index contributed by atoms with van der Waals surface area (Å²) in [6, 6.07) is 3.55. The third-order valence-electron chi connectivity index (χ3n) is 0.652. The second kappa shape index (κ2) is 2.86. The van der Waals surface area contributed by atoms with Crippen LogP contribution in [0.3, 0.4) is 0 Å². The fraction of sp³-hybridized carbons (Fsp3) is 0. The molecule has 0 aliphatic carbocycles. The van der Waals surface area contributed by atoms with Crippen LogP contribution in [0.5, 0.6) is 5.88 Å². The Bertz CT molecular complexity index is 155. The van der Waals surface area contributed by atoms with Crippen molar-refractivity contribution in [2.24, 2.45) is 0 Å². The molecule has 0 N–H and O–H groups in total. The molecular formula is C4H3N2OSn. The van der Waals surface area contributed by atoms with E-state index in [9.17, 15) is 0 Å². The molecule has 8 heavy (non-hydrogen) atoms. The van der Waals surface area contributed by atoms with Gasteiger partial charge in [0.05, 0.1) is 0 Å². The van der Waals surface area contributed by atoms with Gasteiger partial charge in [0.15, 0.2) is 0 Å². The Morgan fingerprint density at radius 3 is 2.88 bits per heavy atom. The average Bonchev–Trinajstić information content (AvgIpc) is 1.90. The number of aromatic nitrogens is 2. The number of rotatable bonds is 1. The van der Waals surface area contributed by atoms with Crippen molar-refractivity contribution in [1.29, 1.82) is 0 Å². The molecule has 3 nitrogen and oxygen atoms in total. The molecule has 0 amide bonds. The van der Waals surface area contributed by atoms with Gasteiger partial charge in [-0.15, -0.1) is 0 Å². The Kier molecular flexibility index (Phi) is 2.08. The van der Waals surface area contributed by atoms with Gasteiger partial charge in [-0.1, -0.05) is 0 Å². The summed E-state index contributed by atoms with van der Waals surface area (Å²) in [5.74, 6) is 0.589. The van der Waals surface area contributed by atoms with E-state index in [4.69, 9.17) is 3.07 Å². The zero-order valence-corrected chi connectivity index (χ0v) is 6.89. The molecule has 1 aromatic heterocycles. The normalized spacial score (nSPS) is 8.62. The first-order chi connectivity index (χ1) is 3.93. The molecule has 0 unspecified atom stereocenters. The van der Waals surface area contributed by atoms with Gasteiger partial charge >= 0.3 is 60.4 Å². The van der Waals surface area contributed by atoms with E-state index in [-0.39, 0.29) is 0 Å². The van der Waals surface area contributed by atoms with Gasteiger partial charge in [0.25, 0.3) is 0 Å². The first-order valence-electron chi connectivity index (χ1n) is 2.05. The summed E-state index contributed by atoms with van der Waals surface area (Å²) >= 11 is 0.986. The SMILES string of the molecule is [Sn][O]c1cccnn1. The number of nitrogens with zero attached hydrogens (tertiary/aromatic N) is 2. The fourth-order valence-corrected chi connectivity index (χ4v) is 0.653. The summed E-state index contributed by atoms with van der Waals surface area (Å²) in [6.07, 6.45) is 1.61. The van der Waals surface area contributed by atoms with E-state index in [0.29, 0.717) is 5.88 Å². The van der Waals surface area contributed by atoms with E-state index >= 15 is 0 Å². The Balaban J connectivity index is 2.83. The van der Waals surface area contributed by atoms with E-state index in [2.05, 4.69) is 10.2 Å². The zero-order chi connectivity index (χ0) is 5.82. The molecule has 1 rings (SSSR count). The molecule has 1 aromatic rings. The van der Waals surface area contributed by atoms with Crippen LogP contribution < -0.4 is 3.07 Å². The quantitative estimate of drug-likeness (QED) is 0.614. The number of hydrogen-bond acceptors (Lipinski definition) is 3. The molecule has 39 valence electrons. The van der Waals surface area contributed by atoms with Crippen LogP contribution in [0.2, 0.25) is 0 Å². The zero-order valence-electron chi connectivity index (χ0n) is 4.03. The van der Waals surface area contributed by atoms with Gasteiger partial charge in [-0.2, -0.15) is 0 Å². The van der Waals surface area contributed by atoms with Crippen molar-refractivity contribution in [3.8, 4) is 5.88 Å². The molecule has 0 saturated carbocycles. The van der Waals surface area contributed by atoms with Crippen molar-refractivity contribution >= 4 is 22.9 Å². The Morgan fingerprint density at radius 1 is 1.62 bits per heavy atom. The predicted molar refractivity (Wildman–Crippen MR) is 28.4 cm³/mol. The van der Waals surface area contributed by atoms with Gasteiger partial charge in [0.1, 0.15) is 0 Å². The predicted octanol–water partition coefficient (Wildman–Crippen LogP) is -0.0611. The molecule has 0 atom stereocenters. The summed E-state index contributed by atoms with van der Waals surface area (Å²) in [5, 5.41) is 7.24. The maximum absolute atomic E-state index is 4.83. The van der Waals surface area contributed by atoms with Gasteiger partial charge in [0.2, 0.25) is 0 Å². The van der Waals surface area contributed by atoms with Crippen LogP contribution in [0.15, 0.2) is 18.3 Å². The second-order valence-corrected chi connectivity index (χ2v) is 1.75. The van der Waals surface area contributed by atoms with Gasteiger partial charge in [0, 0.05) is 0 Å². The van der Waals surface area contributed by atoms with Crippen molar-refractivity contribution in [2.45, 2.75) is 0 Å². The van der Waals surface area contributed by atoms with Crippen LogP contribution >= 0.6 is 0 Å². The molecular weight excluding hydrogens is 211 g/mol. The van der Waals surface area contributed by atoms with Gasteiger partial charge in [-0.3, -0.25) is 0 Å². The van der Waals surface area contributed by atoms with Crippen LogP contribution in [-0.4, -0.2) is 33.1 Å². The van der Waals surface area contributed by atoms with Gasteiger partial charge in [-0.25, -0.2) is 0 Å². The third kappa shape index (κ3) is 1.33. The summed E-state index contributed by atoms with van der Waals surface area (Å²) in [5.41, 5.74) is 0. The average molecular weight is 214 g/mol. The molecule has 0 aliphatic rings. The topological polar surface area (TPSA) is 35.0 Å². The van der Waals surface area contributed by atoms with E-state index in [1.165, 1.54) is 0 Å². The van der Waals surface area contributed by atoms with E-state index in [0.717, 1.165) is 22.9 Å². The van der Waals surface area contributed by atoms with E-state index < -0.39 is 0 Å². The first-order valence-corrected chi connectivity index (χ1v) is 3.21. The molecule has 0 spiro atoms. The first kappa shape index (κ1) is 5.81. The summed E-state index contributed by atoms with van der Waals surface area (Å²) in [6.45, 7) is 0. The minimum atomic E-state index is 0.589. The van der Waals surface area contributed by atoms with Crippen LogP contribution in [0, 0.1) is 0 Å². The molecule has 3 radical (unpaired) electrons. The Hall–Kier alpha value is -0.321. The summed E-state index contributed by atoms with van der Waals surface area (Å²) in [4.78, 5) is 0. The van der Waals surface area contributed by atoms with Crippen LogP contribution in [0.4, 0.5) is 0 Å². The van der Waals surface area contributed by atoms with Crippen molar-refractivity contribution in [3.05, 3.63) is 18.3 Å². The molecule has 0 saturated heterocycles. The third-order valence-corrected chi connectivity index (χ3v) is 1.25. The van der Waals surface area contributed by atoms with Crippen molar-refractivity contribution in [3.63, 3.8) is 0 Å². The van der Waals surface area contributed by atoms with Crippen molar-refractivity contribution in [1.82, 2.24) is 10.2 Å². The number of hydrogen-bond donors (Lipinski definition) is 0. The van der Waals surface area contributed by atoms with Crippen LogP contribution in [0.1, 0.15) is 0 Å². The Morgan fingerprint density at radius 2 is 2.50 bits per heavy atom. The second-order valence-electron chi connectivity index (χ2n) is 1.16. The monoisotopic (exact) mass is 215 g/mol. The van der Waals surface area contributed by atoms with Crippen LogP contribution in [-0.2, 0) is 0 Å². The Labute approximate surface area is 60.7 Å². The van der Waals surface area contributed by atoms with Gasteiger partial charge < -0.3 is 0 Å². The standard InChI is InChI=1S/C4H4N2O.Sn/c7-4-2-1-3-5-6-4;/h1-3H,(H,6,7);/q;+1/p-1. The molecule has 0 aliphatic heterocycles. The molecule has 1 heterocycles. The van der Waals surface area contributed by atoms with Gasteiger partial charge in [-0.05, 0) is 0 Å². The van der Waals surface area contributed by atoms with Crippen molar-refractivity contribution in [2.75, 3.05) is 0 Å². The maximum atomic E-state index is 4.83. The van der Waals surface area contributed by atoms with Crippen LogP contribution in [0.25, 0.3) is 0 Å². The van der Waals surface area contributed by atoms with Crippen molar-refractivity contribution < 1.29 is 3.07 Å². The molecule has 0 bridgehead atoms. The summed E-state index contributed by atoms with van der Waals surface area (Å²) < 4.78 is 4.83.